The molecule has 0 atom stereocenters. The fourth-order valence-corrected chi connectivity index (χ4v) is 3.31. The van der Waals surface area contributed by atoms with E-state index in [0.717, 1.165) is 19.0 Å². The SMILES string of the molecule is CC(C)CCNCc1cc2c(s1)CCC2. The van der Waals surface area contributed by atoms with Crippen LogP contribution in [0.3, 0.4) is 0 Å². The van der Waals surface area contributed by atoms with Crippen LogP contribution in [0.4, 0.5) is 0 Å². The summed E-state index contributed by atoms with van der Waals surface area (Å²) in [5, 5.41) is 3.53. The molecule has 0 saturated carbocycles. The van der Waals surface area contributed by atoms with Crippen molar-refractivity contribution < 1.29 is 0 Å². The van der Waals surface area contributed by atoms with Crippen LogP contribution in [0.1, 0.15) is 42.0 Å². The number of nitrogens with one attached hydrogen (secondary N) is 1. The van der Waals surface area contributed by atoms with Crippen LogP contribution >= 0.6 is 11.3 Å². The predicted octanol–water partition coefficient (Wildman–Crippen LogP) is 3.37. The molecule has 0 unspecified atom stereocenters. The lowest BCUT2D eigenvalue weighted by atomic mass is 10.1. The lowest BCUT2D eigenvalue weighted by Crippen LogP contribution is -2.15. The third-order valence-corrected chi connectivity index (χ3v) is 4.23. The van der Waals surface area contributed by atoms with Gasteiger partial charge in [-0.1, -0.05) is 13.8 Å². The van der Waals surface area contributed by atoms with Gasteiger partial charge in [-0.05, 0) is 49.8 Å². The highest BCUT2D eigenvalue weighted by atomic mass is 32.1. The maximum atomic E-state index is 3.53. The van der Waals surface area contributed by atoms with Crippen LogP contribution in [0.5, 0.6) is 0 Å². The van der Waals surface area contributed by atoms with E-state index in [9.17, 15) is 0 Å². The molecule has 0 bridgehead atoms. The highest BCUT2D eigenvalue weighted by molar-refractivity contribution is 7.12. The van der Waals surface area contributed by atoms with Crippen LogP contribution < -0.4 is 5.32 Å². The van der Waals surface area contributed by atoms with Gasteiger partial charge in [0.25, 0.3) is 0 Å². The summed E-state index contributed by atoms with van der Waals surface area (Å²) in [4.78, 5) is 3.18. The highest BCUT2D eigenvalue weighted by Gasteiger charge is 2.14. The van der Waals surface area contributed by atoms with E-state index >= 15 is 0 Å². The van der Waals surface area contributed by atoms with Crippen LogP contribution in [0.25, 0.3) is 0 Å². The Balaban J connectivity index is 1.74. The van der Waals surface area contributed by atoms with Gasteiger partial charge in [-0.15, -0.1) is 11.3 Å². The molecule has 0 fully saturated rings. The molecular weight excluding hydrogens is 202 g/mol. The minimum atomic E-state index is 0.811. The first-order chi connectivity index (χ1) is 7.25. The molecule has 1 nitrogen and oxygen atoms in total. The van der Waals surface area contributed by atoms with Gasteiger partial charge in [-0.2, -0.15) is 0 Å². The molecule has 0 radical (unpaired) electrons. The summed E-state index contributed by atoms with van der Waals surface area (Å²) in [7, 11) is 0. The quantitative estimate of drug-likeness (QED) is 0.755. The molecule has 84 valence electrons. The molecule has 1 heterocycles. The maximum absolute atomic E-state index is 3.53. The number of fused-ring (bicyclic) bond motifs is 1. The van der Waals surface area contributed by atoms with Crippen LogP contribution in [-0.2, 0) is 19.4 Å². The van der Waals surface area contributed by atoms with E-state index in [1.54, 1.807) is 10.4 Å². The summed E-state index contributed by atoms with van der Waals surface area (Å²) >= 11 is 2.02. The molecule has 0 aliphatic heterocycles. The van der Waals surface area contributed by atoms with Crippen molar-refractivity contribution in [3.8, 4) is 0 Å². The van der Waals surface area contributed by atoms with Gasteiger partial charge in [-0.25, -0.2) is 0 Å². The maximum Gasteiger partial charge on any atom is 0.0299 e. The molecule has 1 N–H and O–H groups in total. The molecule has 0 spiro atoms. The number of aryl methyl sites for hydroxylation is 2. The Morgan fingerprint density at radius 3 is 3.00 bits per heavy atom. The Morgan fingerprint density at radius 1 is 1.40 bits per heavy atom. The predicted molar refractivity (Wildman–Crippen MR) is 67.5 cm³/mol. The summed E-state index contributed by atoms with van der Waals surface area (Å²) < 4.78 is 0. The summed E-state index contributed by atoms with van der Waals surface area (Å²) in [5.41, 5.74) is 1.63. The van der Waals surface area contributed by atoms with E-state index in [4.69, 9.17) is 0 Å². The highest BCUT2D eigenvalue weighted by Crippen LogP contribution is 2.30. The third-order valence-electron chi connectivity index (χ3n) is 3.00. The first kappa shape index (κ1) is 11.2. The Bertz CT molecular complexity index is 293. The minimum absolute atomic E-state index is 0.811. The van der Waals surface area contributed by atoms with Gasteiger partial charge in [-0.3, -0.25) is 0 Å². The average molecular weight is 223 g/mol. The molecule has 0 aromatic carbocycles. The van der Waals surface area contributed by atoms with Gasteiger partial charge in [0, 0.05) is 16.3 Å². The summed E-state index contributed by atoms with van der Waals surface area (Å²) in [6.45, 7) is 6.79. The van der Waals surface area contributed by atoms with Crippen LogP contribution in [-0.4, -0.2) is 6.54 Å². The molecule has 0 saturated heterocycles. The molecular formula is C13H21NS. The van der Waals surface area contributed by atoms with Gasteiger partial charge < -0.3 is 5.32 Å². The minimum Gasteiger partial charge on any atom is -0.312 e. The molecule has 2 rings (SSSR count). The molecule has 1 aliphatic carbocycles. The van der Waals surface area contributed by atoms with Crippen molar-refractivity contribution in [1.82, 2.24) is 5.32 Å². The number of hydrogen-bond donors (Lipinski definition) is 1. The first-order valence-corrected chi connectivity index (χ1v) is 6.88. The number of thiophene rings is 1. The normalized spacial score (nSPS) is 14.9. The second kappa shape index (κ2) is 5.13. The average Bonchev–Trinajstić information content (AvgIpc) is 2.71. The summed E-state index contributed by atoms with van der Waals surface area (Å²) in [6, 6.07) is 2.41. The number of rotatable bonds is 5. The molecule has 2 heteroatoms. The molecule has 1 aromatic rings. The molecule has 0 amide bonds. The fraction of sp³-hybridized carbons (Fsp3) is 0.692. The van der Waals surface area contributed by atoms with E-state index in [-0.39, 0.29) is 0 Å². The standard InChI is InChI=1S/C13H21NS/c1-10(2)6-7-14-9-12-8-11-4-3-5-13(11)15-12/h8,10,14H,3-7,9H2,1-2H3. The smallest absolute Gasteiger partial charge is 0.0299 e. The Morgan fingerprint density at radius 2 is 2.27 bits per heavy atom. The number of hydrogen-bond acceptors (Lipinski definition) is 2. The van der Waals surface area contributed by atoms with Crippen molar-refractivity contribution in [1.29, 1.82) is 0 Å². The van der Waals surface area contributed by atoms with Crippen molar-refractivity contribution in [3.63, 3.8) is 0 Å². The van der Waals surface area contributed by atoms with Crippen molar-refractivity contribution in [2.45, 2.75) is 46.1 Å². The van der Waals surface area contributed by atoms with Gasteiger partial charge >= 0.3 is 0 Å². The zero-order valence-electron chi connectivity index (χ0n) is 9.81. The van der Waals surface area contributed by atoms with Crippen molar-refractivity contribution in [2.24, 2.45) is 5.92 Å². The second-order valence-corrected chi connectivity index (χ2v) is 6.10. The first-order valence-electron chi connectivity index (χ1n) is 6.07. The lowest BCUT2D eigenvalue weighted by molar-refractivity contribution is 0.539. The summed E-state index contributed by atoms with van der Waals surface area (Å²) in [6.07, 6.45) is 5.30. The van der Waals surface area contributed by atoms with Gasteiger partial charge in [0.05, 0.1) is 0 Å². The molecule has 1 aromatic heterocycles. The molecule has 1 aliphatic rings. The van der Waals surface area contributed by atoms with Gasteiger partial charge in [0.15, 0.2) is 0 Å². The Hall–Kier alpha value is -0.340. The van der Waals surface area contributed by atoms with Crippen molar-refractivity contribution in [2.75, 3.05) is 6.54 Å². The van der Waals surface area contributed by atoms with Crippen LogP contribution in [0.15, 0.2) is 6.07 Å². The Labute approximate surface area is 96.9 Å². The van der Waals surface area contributed by atoms with Crippen LogP contribution in [0, 0.1) is 5.92 Å². The van der Waals surface area contributed by atoms with E-state index in [0.29, 0.717) is 0 Å². The van der Waals surface area contributed by atoms with E-state index in [1.807, 2.05) is 11.3 Å². The third kappa shape index (κ3) is 3.05. The second-order valence-electron chi connectivity index (χ2n) is 4.87. The Kier molecular flexibility index (Phi) is 3.81. The van der Waals surface area contributed by atoms with Gasteiger partial charge in [0.2, 0.25) is 0 Å². The van der Waals surface area contributed by atoms with Crippen LogP contribution in [0.2, 0.25) is 0 Å². The monoisotopic (exact) mass is 223 g/mol. The zero-order valence-corrected chi connectivity index (χ0v) is 10.6. The topological polar surface area (TPSA) is 12.0 Å². The zero-order chi connectivity index (χ0) is 10.7. The largest absolute Gasteiger partial charge is 0.312 e. The summed E-state index contributed by atoms with van der Waals surface area (Å²) in [5.74, 6) is 0.811. The van der Waals surface area contributed by atoms with E-state index in [2.05, 4.69) is 25.2 Å². The van der Waals surface area contributed by atoms with Crippen molar-refractivity contribution >= 4 is 11.3 Å². The van der Waals surface area contributed by atoms with Gasteiger partial charge in [0.1, 0.15) is 0 Å². The van der Waals surface area contributed by atoms with E-state index < -0.39 is 0 Å². The fourth-order valence-electron chi connectivity index (χ4n) is 2.08. The lowest BCUT2D eigenvalue weighted by Gasteiger charge is -2.05. The van der Waals surface area contributed by atoms with E-state index in [1.165, 1.54) is 30.6 Å². The molecule has 15 heavy (non-hydrogen) atoms. The van der Waals surface area contributed by atoms with Crippen molar-refractivity contribution in [3.05, 3.63) is 21.4 Å².